The van der Waals surface area contributed by atoms with Gasteiger partial charge in [-0.15, -0.1) is 0 Å². The molecule has 1 saturated heterocycles. The van der Waals surface area contributed by atoms with Crippen molar-refractivity contribution in [2.24, 2.45) is 5.92 Å². The van der Waals surface area contributed by atoms with Crippen LogP contribution in [0.5, 0.6) is 0 Å². The number of rotatable bonds is 2. The number of nitrogens with zero attached hydrogens (tertiary/aromatic N) is 3. The molecule has 0 amide bonds. The van der Waals surface area contributed by atoms with Crippen molar-refractivity contribution >= 4 is 12.0 Å². The Morgan fingerprint density at radius 2 is 2.27 bits per heavy atom. The van der Waals surface area contributed by atoms with Gasteiger partial charge in [0.2, 0.25) is 0 Å². The second-order valence-electron chi connectivity index (χ2n) is 4.12. The summed E-state index contributed by atoms with van der Waals surface area (Å²) in [5, 5.41) is 7.60. The molecule has 2 rings (SSSR count). The van der Waals surface area contributed by atoms with Crippen molar-refractivity contribution in [3.63, 3.8) is 0 Å². The van der Waals surface area contributed by atoms with Gasteiger partial charge in [0, 0.05) is 13.1 Å². The summed E-state index contributed by atoms with van der Waals surface area (Å²) in [4.78, 5) is 2.14. The largest absolute Gasteiger partial charge is 0.390 e. The SMILES string of the molecule is CCC1CCCN(c2nnc(N)o2)CC1. The molecule has 1 aliphatic rings. The van der Waals surface area contributed by atoms with E-state index in [1.807, 2.05) is 0 Å². The molecule has 0 radical (unpaired) electrons. The molecule has 0 spiro atoms. The predicted molar refractivity (Wildman–Crippen MR) is 58.6 cm³/mol. The van der Waals surface area contributed by atoms with Crippen LogP contribution in [0, 0.1) is 5.92 Å². The van der Waals surface area contributed by atoms with Gasteiger partial charge in [-0.05, 0) is 25.2 Å². The summed E-state index contributed by atoms with van der Waals surface area (Å²) in [7, 11) is 0. The van der Waals surface area contributed by atoms with Crippen LogP contribution in [0.25, 0.3) is 0 Å². The topological polar surface area (TPSA) is 68.2 Å². The number of hydrogen-bond donors (Lipinski definition) is 1. The monoisotopic (exact) mass is 210 g/mol. The summed E-state index contributed by atoms with van der Waals surface area (Å²) in [6.07, 6.45) is 4.97. The predicted octanol–water partition coefficient (Wildman–Crippen LogP) is 1.67. The molecule has 5 nitrogen and oxygen atoms in total. The van der Waals surface area contributed by atoms with Crippen LogP contribution in [0.2, 0.25) is 0 Å². The zero-order valence-electron chi connectivity index (χ0n) is 9.15. The molecule has 84 valence electrons. The van der Waals surface area contributed by atoms with Crippen LogP contribution in [0.1, 0.15) is 32.6 Å². The number of nitrogens with two attached hydrogens (primary N) is 1. The lowest BCUT2D eigenvalue weighted by Crippen LogP contribution is -2.24. The quantitative estimate of drug-likeness (QED) is 0.804. The lowest BCUT2D eigenvalue weighted by Gasteiger charge is -2.16. The van der Waals surface area contributed by atoms with E-state index in [-0.39, 0.29) is 6.01 Å². The summed E-state index contributed by atoms with van der Waals surface area (Å²) >= 11 is 0. The third-order valence-corrected chi connectivity index (χ3v) is 3.13. The molecule has 2 heterocycles. The van der Waals surface area contributed by atoms with Crippen molar-refractivity contribution < 1.29 is 4.42 Å². The minimum Gasteiger partial charge on any atom is -0.390 e. The van der Waals surface area contributed by atoms with E-state index in [1.54, 1.807) is 0 Å². The second kappa shape index (κ2) is 4.51. The van der Waals surface area contributed by atoms with E-state index in [9.17, 15) is 0 Å². The lowest BCUT2D eigenvalue weighted by molar-refractivity contribution is 0.458. The summed E-state index contributed by atoms with van der Waals surface area (Å²) in [5.74, 6) is 0.843. The van der Waals surface area contributed by atoms with Gasteiger partial charge in [0.15, 0.2) is 0 Å². The Balaban J connectivity index is 1.99. The molecule has 1 aliphatic heterocycles. The minimum atomic E-state index is 0.154. The Hall–Kier alpha value is -1.26. The van der Waals surface area contributed by atoms with Crippen LogP contribution in [0.4, 0.5) is 12.0 Å². The van der Waals surface area contributed by atoms with E-state index in [0.29, 0.717) is 6.01 Å². The molecule has 5 heteroatoms. The number of hydrogen-bond acceptors (Lipinski definition) is 5. The molecule has 1 aromatic heterocycles. The van der Waals surface area contributed by atoms with Crippen molar-refractivity contribution in [2.75, 3.05) is 23.7 Å². The molecule has 15 heavy (non-hydrogen) atoms. The summed E-state index contributed by atoms with van der Waals surface area (Å²) in [6.45, 7) is 4.25. The highest BCUT2D eigenvalue weighted by Crippen LogP contribution is 2.23. The van der Waals surface area contributed by atoms with Gasteiger partial charge in [-0.2, -0.15) is 0 Å². The van der Waals surface area contributed by atoms with Gasteiger partial charge < -0.3 is 15.1 Å². The molecule has 1 atom stereocenters. The Kier molecular flexibility index (Phi) is 3.08. The average Bonchev–Trinajstić information content (AvgIpc) is 2.54. The van der Waals surface area contributed by atoms with Gasteiger partial charge in [-0.3, -0.25) is 0 Å². The van der Waals surface area contributed by atoms with E-state index in [2.05, 4.69) is 22.0 Å². The zero-order valence-corrected chi connectivity index (χ0v) is 9.15. The summed E-state index contributed by atoms with van der Waals surface area (Å²) in [5.41, 5.74) is 5.41. The number of anilines is 2. The normalized spacial score (nSPS) is 22.7. The Labute approximate surface area is 89.6 Å². The van der Waals surface area contributed by atoms with Crippen LogP contribution in [0.15, 0.2) is 4.42 Å². The first-order valence-electron chi connectivity index (χ1n) is 5.63. The standard InChI is InChI=1S/C10H18N4O/c1-2-8-4-3-6-14(7-5-8)10-13-12-9(11)15-10/h8H,2-7H2,1H3,(H2,11,12). The average molecular weight is 210 g/mol. The molecular formula is C10H18N4O. The Morgan fingerprint density at radius 1 is 1.40 bits per heavy atom. The first-order valence-corrected chi connectivity index (χ1v) is 5.63. The molecule has 1 unspecified atom stereocenters. The highest BCUT2D eigenvalue weighted by atomic mass is 16.4. The summed E-state index contributed by atoms with van der Waals surface area (Å²) in [6, 6.07) is 0.727. The molecule has 0 bridgehead atoms. The van der Waals surface area contributed by atoms with E-state index >= 15 is 0 Å². The minimum absolute atomic E-state index is 0.154. The lowest BCUT2D eigenvalue weighted by atomic mass is 9.98. The molecule has 1 aromatic rings. The molecule has 0 aromatic carbocycles. The Bertz CT molecular complexity index is 312. The van der Waals surface area contributed by atoms with Crippen molar-refractivity contribution in [1.29, 1.82) is 0 Å². The fraction of sp³-hybridized carbons (Fsp3) is 0.800. The van der Waals surface area contributed by atoms with Crippen LogP contribution >= 0.6 is 0 Å². The van der Waals surface area contributed by atoms with Crippen LogP contribution in [-0.4, -0.2) is 23.3 Å². The highest BCUT2D eigenvalue weighted by Gasteiger charge is 2.19. The first kappa shape index (κ1) is 10.3. The van der Waals surface area contributed by atoms with Crippen LogP contribution in [-0.2, 0) is 0 Å². The first-order chi connectivity index (χ1) is 7.29. The second-order valence-corrected chi connectivity index (χ2v) is 4.12. The van der Waals surface area contributed by atoms with Gasteiger partial charge >= 0.3 is 12.0 Å². The highest BCUT2D eigenvalue weighted by molar-refractivity contribution is 5.27. The van der Waals surface area contributed by atoms with Crippen molar-refractivity contribution in [1.82, 2.24) is 10.2 Å². The van der Waals surface area contributed by atoms with Crippen molar-refractivity contribution in [3.8, 4) is 0 Å². The van der Waals surface area contributed by atoms with E-state index in [4.69, 9.17) is 10.2 Å². The third-order valence-electron chi connectivity index (χ3n) is 3.13. The molecular weight excluding hydrogens is 192 g/mol. The van der Waals surface area contributed by atoms with Gasteiger partial charge in [0.25, 0.3) is 0 Å². The van der Waals surface area contributed by atoms with Crippen LogP contribution in [0.3, 0.4) is 0 Å². The van der Waals surface area contributed by atoms with Crippen molar-refractivity contribution in [3.05, 3.63) is 0 Å². The smallest absolute Gasteiger partial charge is 0.319 e. The maximum Gasteiger partial charge on any atom is 0.319 e. The van der Waals surface area contributed by atoms with Gasteiger partial charge in [0.05, 0.1) is 0 Å². The van der Waals surface area contributed by atoms with Crippen molar-refractivity contribution in [2.45, 2.75) is 32.6 Å². The van der Waals surface area contributed by atoms with E-state index < -0.39 is 0 Å². The molecule has 0 saturated carbocycles. The molecule has 0 aliphatic carbocycles. The number of aromatic nitrogens is 2. The maximum absolute atomic E-state index is 5.41. The van der Waals surface area contributed by atoms with Gasteiger partial charge in [-0.1, -0.05) is 23.5 Å². The van der Waals surface area contributed by atoms with E-state index in [0.717, 1.165) is 19.0 Å². The molecule has 1 fully saturated rings. The zero-order chi connectivity index (χ0) is 10.7. The molecule has 2 N–H and O–H groups in total. The Morgan fingerprint density at radius 3 is 2.93 bits per heavy atom. The van der Waals surface area contributed by atoms with E-state index in [1.165, 1.54) is 25.7 Å². The number of nitrogen functional groups attached to an aromatic ring is 1. The fourth-order valence-corrected chi connectivity index (χ4v) is 2.12. The maximum atomic E-state index is 5.41. The van der Waals surface area contributed by atoms with Crippen LogP contribution < -0.4 is 10.6 Å². The summed E-state index contributed by atoms with van der Waals surface area (Å²) < 4.78 is 5.23. The third kappa shape index (κ3) is 2.40. The fourth-order valence-electron chi connectivity index (χ4n) is 2.12. The van der Waals surface area contributed by atoms with Gasteiger partial charge in [0.1, 0.15) is 0 Å². The van der Waals surface area contributed by atoms with Gasteiger partial charge in [-0.25, -0.2) is 0 Å².